The predicted molar refractivity (Wildman–Crippen MR) is 211 cm³/mol. The van der Waals surface area contributed by atoms with Gasteiger partial charge in [-0.1, -0.05) is 48.0 Å². The fraction of sp³-hybridized carbons (Fsp3) is 0.256. The molecule has 0 unspecified atom stereocenters. The summed E-state index contributed by atoms with van der Waals surface area (Å²) in [7, 11) is 1.29. The molecule has 0 bridgehead atoms. The molecule has 4 aromatic carbocycles. The van der Waals surface area contributed by atoms with Crippen molar-refractivity contribution in [2.24, 2.45) is 5.73 Å². The number of carbonyl (C=O) groups excluding carboxylic acids is 1. The molecule has 0 fully saturated rings. The molecule has 16 heteroatoms. The Hall–Kier alpha value is -6.34. The lowest BCUT2D eigenvalue weighted by Crippen LogP contribution is -2.22. The largest absolute Gasteiger partial charge is 0.496 e. The molecule has 12 nitrogen and oxygen atoms in total. The number of hydrogen-bond donors (Lipinski definition) is 3. The number of carboxylic acid groups (broad SMARTS) is 1. The Labute approximate surface area is 343 Å². The van der Waals surface area contributed by atoms with Crippen LogP contribution in [0, 0.1) is 25.2 Å². The maximum atomic E-state index is 14.2. The van der Waals surface area contributed by atoms with Crippen LogP contribution in [-0.4, -0.2) is 42.2 Å². The Morgan fingerprint density at radius 3 is 2.05 bits per heavy atom. The van der Waals surface area contributed by atoms with Crippen molar-refractivity contribution in [1.29, 1.82) is 5.26 Å². The fourth-order valence-corrected chi connectivity index (χ4v) is 6.33. The number of rotatable bonds is 18. The molecule has 0 aliphatic carbocycles. The number of carboxylic acids is 1. The van der Waals surface area contributed by atoms with Gasteiger partial charge in [-0.15, -0.1) is 0 Å². The van der Waals surface area contributed by atoms with E-state index in [1.165, 1.54) is 13.3 Å². The summed E-state index contributed by atoms with van der Waals surface area (Å²) in [5.74, 6) is -1.52. The molecule has 308 valence electrons. The zero-order valence-corrected chi connectivity index (χ0v) is 33.0. The molecule has 5 aromatic rings. The summed E-state index contributed by atoms with van der Waals surface area (Å²) >= 11 is 6.66. The first-order valence-electron chi connectivity index (χ1n) is 18.0. The first-order valence-corrected chi connectivity index (χ1v) is 18.4. The van der Waals surface area contributed by atoms with Gasteiger partial charge in [0.05, 0.1) is 36.3 Å². The van der Waals surface area contributed by atoms with Crippen LogP contribution >= 0.6 is 11.6 Å². The molecular weight excluding hydrogens is 793 g/mol. The second kappa shape index (κ2) is 19.9. The van der Waals surface area contributed by atoms with Crippen molar-refractivity contribution in [3.05, 3.63) is 134 Å². The van der Waals surface area contributed by atoms with Crippen LogP contribution in [0.15, 0.2) is 79.1 Å². The first-order chi connectivity index (χ1) is 28.2. The quantitative estimate of drug-likeness (QED) is 0.0731. The number of hydrogen-bond acceptors (Lipinski definition) is 11. The minimum Gasteiger partial charge on any atom is -0.496 e. The Morgan fingerprint density at radius 2 is 1.46 bits per heavy atom. The van der Waals surface area contributed by atoms with Crippen molar-refractivity contribution in [2.75, 3.05) is 20.2 Å². The number of methoxy groups -OCH3 is 1. The standard InChI is InChI=1S/C43H40ClF3N4O8/c1-25-29(22-57-39-13-37(55-3)32(24-59-42(54)16-49)11-35(39)43(45,46)47)6-4-8-33(25)34-9-5-7-30(26(34)2)23-58-40-14-38(31(12-36(40)44)19-51-20-41(52)53)56-21-28-10-27(15-48)17-50-18-28/h4-14,17-18,51H,16,19-24,49H2,1-3H3,(H,52,53). The number of halogens is 4. The topological polar surface area (TPSA) is 175 Å². The van der Waals surface area contributed by atoms with Crippen molar-refractivity contribution in [3.8, 4) is 40.2 Å². The molecule has 1 aromatic heterocycles. The molecule has 0 aliphatic rings. The summed E-state index contributed by atoms with van der Waals surface area (Å²) in [6.07, 6.45) is -1.77. The van der Waals surface area contributed by atoms with Crippen LogP contribution in [0.5, 0.6) is 23.0 Å². The maximum Gasteiger partial charge on any atom is 0.419 e. The van der Waals surface area contributed by atoms with E-state index in [1.807, 2.05) is 44.2 Å². The molecule has 59 heavy (non-hydrogen) atoms. The first kappa shape index (κ1) is 43.8. The fourth-order valence-electron chi connectivity index (χ4n) is 6.09. The summed E-state index contributed by atoms with van der Waals surface area (Å²) in [6.45, 7) is 2.74. The van der Waals surface area contributed by atoms with Crippen LogP contribution in [0.25, 0.3) is 11.1 Å². The zero-order chi connectivity index (χ0) is 42.7. The van der Waals surface area contributed by atoms with Gasteiger partial charge in [-0.05, 0) is 65.4 Å². The monoisotopic (exact) mass is 832 g/mol. The van der Waals surface area contributed by atoms with Crippen molar-refractivity contribution < 1.29 is 51.6 Å². The molecule has 0 saturated carbocycles. The van der Waals surface area contributed by atoms with E-state index in [4.69, 9.17) is 46.1 Å². The minimum atomic E-state index is -4.78. The SMILES string of the molecule is COc1cc(OCc2cccc(-c3cccc(COc4cc(OCc5cncc(C#N)c5)c(CNCC(=O)O)cc4Cl)c3C)c2C)c(C(F)(F)F)cc1COC(=O)CN. The smallest absolute Gasteiger partial charge is 0.419 e. The number of alkyl halides is 3. The number of nitrogens with zero attached hydrogens (tertiary/aromatic N) is 2. The summed E-state index contributed by atoms with van der Waals surface area (Å²) in [6, 6.07) is 20.1. The van der Waals surface area contributed by atoms with Crippen LogP contribution in [0.3, 0.4) is 0 Å². The average molecular weight is 833 g/mol. The van der Waals surface area contributed by atoms with Crippen LogP contribution < -0.4 is 30.0 Å². The number of nitrogens with one attached hydrogen (secondary N) is 1. The van der Waals surface area contributed by atoms with Gasteiger partial charge < -0.3 is 39.8 Å². The predicted octanol–water partition coefficient (Wildman–Crippen LogP) is 7.83. The summed E-state index contributed by atoms with van der Waals surface area (Å²) in [5.41, 5.74) is 10.6. The summed E-state index contributed by atoms with van der Waals surface area (Å²) in [4.78, 5) is 26.8. The second-order valence-electron chi connectivity index (χ2n) is 13.1. The second-order valence-corrected chi connectivity index (χ2v) is 13.6. The molecule has 4 N–H and O–H groups in total. The highest BCUT2D eigenvalue weighted by molar-refractivity contribution is 6.32. The number of aliphatic carboxylic acids is 1. The summed E-state index contributed by atoms with van der Waals surface area (Å²) in [5, 5.41) is 21.5. The lowest BCUT2D eigenvalue weighted by atomic mass is 9.92. The van der Waals surface area contributed by atoms with Crippen LogP contribution in [0.2, 0.25) is 5.02 Å². The van der Waals surface area contributed by atoms with Crippen LogP contribution in [-0.2, 0) is 53.5 Å². The summed E-state index contributed by atoms with van der Waals surface area (Å²) < 4.78 is 71.0. The van der Waals surface area contributed by atoms with Crippen molar-refractivity contribution in [2.45, 2.75) is 53.0 Å². The molecule has 0 radical (unpaired) electrons. The van der Waals surface area contributed by atoms with E-state index in [0.29, 0.717) is 33.8 Å². The number of nitrogens with two attached hydrogens (primary N) is 1. The maximum absolute atomic E-state index is 14.2. The van der Waals surface area contributed by atoms with Gasteiger partial charge in [0.15, 0.2) is 0 Å². The number of esters is 1. The Kier molecular flexibility index (Phi) is 14.8. The van der Waals surface area contributed by atoms with E-state index in [2.05, 4.69) is 10.3 Å². The molecule has 5 rings (SSSR count). The van der Waals surface area contributed by atoms with Gasteiger partial charge in [0, 0.05) is 47.8 Å². The van der Waals surface area contributed by atoms with Gasteiger partial charge >= 0.3 is 18.1 Å². The van der Waals surface area contributed by atoms with E-state index < -0.39 is 42.6 Å². The highest BCUT2D eigenvalue weighted by Crippen LogP contribution is 2.41. The lowest BCUT2D eigenvalue weighted by Gasteiger charge is -2.20. The highest BCUT2D eigenvalue weighted by atomic mass is 35.5. The zero-order valence-electron chi connectivity index (χ0n) is 32.2. The average Bonchev–Trinajstić information content (AvgIpc) is 3.21. The molecule has 0 saturated heterocycles. The molecule has 0 atom stereocenters. The van der Waals surface area contributed by atoms with Crippen molar-refractivity contribution >= 4 is 23.5 Å². The van der Waals surface area contributed by atoms with E-state index in [1.54, 1.807) is 36.5 Å². The number of ether oxygens (including phenoxy) is 5. The molecule has 0 spiro atoms. The van der Waals surface area contributed by atoms with Gasteiger partial charge in [0.1, 0.15) is 55.5 Å². The number of nitriles is 1. The third-order valence-electron chi connectivity index (χ3n) is 9.22. The number of benzene rings is 4. The molecular formula is C43H40ClF3N4O8. The van der Waals surface area contributed by atoms with Crippen LogP contribution in [0.4, 0.5) is 13.2 Å². The van der Waals surface area contributed by atoms with Gasteiger partial charge in [0.25, 0.3) is 0 Å². The Balaban J connectivity index is 1.36. The van der Waals surface area contributed by atoms with Gasteiger partial charge in [-0.25, -0.2) is 0 Å². The third kappa shape index (κ3) is 11.4. The number of pyridine rings is 1. The normalized spacial score (nSPS) is 11.1. The number of aromatic nitrogens is 1. The molecule has 1 heterocycles. The van der Waals surface area contributed by atoms with Crippen LogP contribution in [0.1, 0.15) is 50.1 Å². The van der Waals surface area contributed by atoms with E-state index in [-0.39, 0.29) is 49.2 Å². The van der Waals surface area contributed by atoms with Gasteiger partial charge in [0.2, 0.25) is 0 Å². The molecule has 0 amide bonds. The van der Waals surface area contributed by atoms with Gasteiger partial charge in [-0.3, -0.25) is 14.6 Å². The Morgan fingerprint density at radius 1 is 0.831 bits per heavy atom. The molecule has 0 aliphatic heterocycles. The highest BCUT2D eigenvalue weighted by Gasteiger charge is 2.36. The minimum absolute atomic E-state index is 0.00146. The van der Waals surface area contributed by atoms with Gasteiger partial charge in [-0.2, -0.15) is 18.4 Å². The third-order valence-corrected chi connectivity index (χ3v) is 9.51. The van der Waals surface area contributed by atoms with E-state index in [0.717, 1.165) is 39.9 Å². The Bertz CT molecular complexity index is 2370. The lowest BCUT2D eigenvalue weighted by molar-refractivity contribution is -0.143. The number of carbonyl (C=O) groups is 2. The van der Waals surface area contributed by atoms with E-state index in [9.17, 15) is 28.0 Å². The van der Waals surface area contributed by atoms with Crippen molar-refractivity contribution in [1.82, 2.24) is 10.3 Å². The van der Waals surface area contributed by atoms with E-state index >= 15 is 0 Å². The van der Waals surface area contributed by atoms with Crippen molar-refractivity contribution in [3.63, 3.8) is 0 Å².